The number of nitrogens with one attached hydrogen (secondary N) is 1. The van der Waals surface area contributed by atoms with Crippen molar-refractivity contribution in [3.8, 4) is 0 Å². The maximum atomic E-state index is 5.50. The van der Waals surface area contributed by atoms with Gasteiger partial charge in [0.15, 0.2) is 0 Å². The zero-order valence-electron chi connectivity index (χ0n) is 10.3. The second kappa shape index (κ2) is 8.08. The van der Waals surface area contributed by atoms with E-state index in [4.69, 9.17) is 4.74 Å². The van der Waals surface area contributed by atoms with Crippen molar-refractivity contribution >= 4 is 0 Å². The summed E-state index contributed by atoms with van der Waals surface area (Å²) >= 11 is 0. The Kier molecular flexibility index (Phi) is 6.98. The van der Waals surface area contributed by atoms with E-state index in [2.05, 4.69) is 24.1 Å². The highest BCUT2D eigenvalue weighted by Crippen LogP contribution is 2.09. The first kappa shape index (κ1) is 12.9. The monoisotopic (exact) mass is 214 g/mol. The van der Waals surface area contributed by atoms with Crippen molar-refractivity contribution in [1.29, 1.82) is 0 Å². The molecule has 3 heteroatoms. The molecule has 1 aliphatic rings. The van der Waals surface area contributed by atoms with Crippen molar-refractivity contribution in [1.82, 2.24) is 10.2 Å². The Bertz CT molecular complexity index is 145. The molecule has 1 unspecified atom stereocenters. The molecule has 1 aliphatic heterocycles. The molecule has 0 spiro atoms. The molecule has 1 rings (SSSR count). The van der Waals surface area contributed by atoms with Gasteiger partial charge in [-0.2, -0.15) is 0 Å². The van der Waals surface area contributed by atoms with E-state index in [0.717, 1.165) is 32.8 Å². The fraction of sp³-hybridized carbons (Fsp3) is 1.00. The van der Waals surface area contributed by atoms with Crippen LogP contribution in [0.25, 0.3) is 0 Å². The minimum absolute atomic E-state index is 0.705. The summed E-state index contributed by atoms with van der Waals surface area (Å²) in [7, 11) is 0. The van der Waals surface area contributed by atoms with Gasteiger partial charge in [-0.25, -0.2) is 0 Å². The zero-order chi connectivity index (χ0) is 10.9. The predicted molar refractivity (Wildman–Crippen MR) is 64.2 cm³/mol. The van der Waals surface area contributed by atoms with Gasteiger partial charge in [0.1, 0.15) is 0 Å². The maximum Gasteiger partial charge on any atom is 0.0593 e. The standard InChI is InChI=1S/C12H26N2O/c1-3-6-12(11-13-4-2)14-7-5-9-15-10-8-14/h12-13H,3-11H2,1-2H3. The molecular weight excluding hydrogens is 188 g/mol. The van der Waals surface area contributed by atoms with Gasteiger partial charge in [0.05, 0.1) is 6.61 Å². The molecule has 0 bridgehead atoms. The van der Waals surface area contributed by atoms with E-state index in [1.54, 1.807) is 0 Å². The zero-order valence-corrected chi connectivity index (χ0v) is 10.3. The Hall–Kier alpha value is -0.120. The highest BCUT2D eigenvalue weighted by molar-refractivity contribution is 4.75. The number of rotatable bonds is 6. The molecule has 0 aromatic heterocycles. The first-order chi connectivity index (χ1) is 7.38. The highest BCUT2D eigenvalue weighted by Gasteiger charge is 2.18. The van der Waals surface area contributed by atoms with Gasteiger partial charge < -0.3 is 10.1 Å². The number of hydrogen-bond donors (Lipinski definition) is 1. The lowest BCUT2D eigenvalue weighted by Gasteiger charge is -2.30. The van der Waals surface area contributed by atoms with Gasteiger partial charge in [-0.15, -0.1) is 0 Å². The average Bonchev–Trinajstić information content (AvgIpc) is 2.52. The largest absolute Gasteiger partial charge is 0.380 e. The summed E-state index contributed by atoms with van der Waals surface area (Å²) in [6.45, 7) is 10.8. The fourth-order valence-electron chi connectivity index (χ4n) is 2.19. The number of hydrogen-bond acceptors (Lipinski definition) is 3. The molecule has 1 fully saturated rings. The van der Waals surface area contributed by atoms with Crippen molar-refractivity contribution in [3.05, 3.63) is 0 Å². The van der Waals surface area contributed by atoms with Crippen molar-refractivity contribution in [2.45, 2.75) is 39.2 Å². The van der Waals surface area contributed by atoms with Crippen molar-refractivity contribution in [2.75, 3.05) is 39.4 Å². The molecule has 0 radical (unpaired) electrons. The predicted octanol–water partition coefficient (Wildman–Crippen LogP) is 1.49. The molecule has 3 nitrogen and oxygen atoms in total. The van der Waals surface area contributed by atoms with Crippen LogP contribution in [-0.4, -0.2) is 50.3 Å². The normalized spacial score (nSPS) is 21.2. The quantitative estimate of drug-likeness (QED) is 0.725. The first-order valence-corrected chi connectivity index (χ1v) is 6.41. The number of nitrogens with zero attached hydrogens (tertiary/aromatic N) is 1. The van der Waals surface area contributed by atoms with Crippen LogP contribution >= 0.6 is 0 Å². The van der Waals surface area contributed by atoms with Crippen LogP contribution in [-0.2, 0) is 4.74 Å². The second-order valence-electron chi connectivity index (χ2n) is 4.25. The Morgan fingerprint density at radius 2 is 2.13 bits per heavy atom. The molecule has 0 aliphatic carbocycles. The van der Waals surface area contributed by atoms with E-state index >= 15 is 0 Å². The molecule has 1 heterocycles. The summed E-state index contributed by atoms with van der Waals surface area (Å²) < 4.78 is 5.50. The van der Waals surface area contributed by atoms with Gasteiger partial charge in [-0.1, -0.05) is 20.3 Å². The summed E-state index contributed by atoms with van der Waals surface area (Å²) in [5, 5.41) is 3.47. The van der Waals surface area contributed by atoms with Gasteiger partial charge in [0.25, 0.3) is 0 Å². The van der Waals surface area contributed by atoms with Gasteiger partial charge in [-0.3, -0.25) is 4.90 Å². The van der Waals surface area contributed by atoms with E-state index in [1.165, 1.54) is 25.8 Å². The summed E-state index contributed by atoms with van der Waals surface area (Å²) in [5.41, 5.74) is 0. The van der Waals surface area contributed by atoms with Gasteiger partial charge in [0, 0.05) is 32.3 Å². The van der Waals surface area contributed by atoms with E-state index < -0.39 is 0 Å². The van der Waals surface area contributed by atoms with Crippen LogP contribution in [0, 0.1) is 0 Å². The molecule has 0 aromatic carbocycles. The Labute approximate surface area is 94.2 Å². The Morgan fingerprint density at radius 3 is 2.87 bits per heavy atom. The molecular formula is C12H26N2O. The summed E-state index contributed by atoms with van der Waals surface area (Å²) in [4.78, 5) is 2.60. The molecule has 15 heavy (non-hydrogen) atoms. The lowest BCUT2D eigenvalue weighted by molar-refractivity contribution is 0.129. The van der Waals surface area contributed by atoms with Crippen LogP contribution in [0.3, 0.4) is 0 Å². The molecule has 90 valence electrons. The topological polar surface area (TPSA) is 24.5 Å². The van der Waals surface area contributed by atoms with Crippen LogP contribution in [0.4, 0.5) is 0 Å². The lowest BCUT2D eigenvalue weighted by atomic mass is 10.1. The van der Waals surface area contributed by atoms with Crippen LogP contribution in [0.1, 0.15) is 33.1 Å². The van der Waals surface area contributed by atoms with Crippen molar-refractivity contribution < 1.29 is 4.74 Å². The van der Waals surface area contributed by atoms with Gasteiger partial charge in [-0.05, 0) is 19.4 Å². The minimum atomic E-state index is 0.705. The summed E-state index contributed by atoms with van der Waals surface area (Å²) in [5.74, 6) is 0. The third-order valence-electron chi connectivity index (χ3n) is 3.03. The van der Waals surface area contributed by atoms with Crippen LogP contribution in [0.2, 0.25) is 0 Å². The van der Waals surface area contributed by atoms with Crippen LogP contribution < -0.4 is 5.32 Å². The average molecular weight is 214 g/mol. The minimum Gasteiger partial charge on any atom is -0.380 e. The van der Waals surface area contributed by atoms with Gasteiger partial charge in [0.2, 0.25) is 0 Å². The van der Waals surface area contributed by atoms with Crippen molar-refractivity contribution in [3.63, 3.8) is 0 Å². The Morgan fingerprint density at radius 1 is 1.27 bits per heavy atom. The SMILES string of the molecule is CCCC(CNCC)N1CCCOCC1. The molecule has 1 N–H and O–H groups in total. The first-order valence-electron chi connectivity index (χ1n) is 6.41. The number of likely N-dealkylation sites (N-methyl/N-ethyl adjacent to an activating group) is 1. The van der Waals surface area contributed by atoms with E-state index in [1.807, 2.05) is 0 Å². The second-order valence-corrected chi connectivity index (χ2v) is 4.25. The lowest BCUT2D eigenvalue weighted by Crippen LogP contribution is -2.43. The van der Waals surface area contributed by atoms with Crippen LogP contribution in [0.15, 0.2) is 0 Å². The van der Waals surface area contributed by atoms with E-state index in [-0.39, 0.29) is 0 Å². The molecule has 0 amide bonds. The van der Waals surface area contributed by atoms with Crippen LogP contribution in [0.5, 0.6) is 0 Å². The fourth-order valence-corrected chi connectivity index (χ4v) is 2.19. The van der Waals surface area contributed by atoms with E-state index in [0.29, 0.717) is 6.04 Å². The highest BCUT2D eigenvalue weighted by atomic mass is 16.5. The maximum absolute atomic E-state index is 5.50. The number of ether oxygens (including phenoxy) is 1. The third kappa shape index (κ3) is 4.96. The molecule has 0 aromatic rings. The third-order valence-corrected chi connectivity index (χ3v) is 3.03. The molecule has 1 saturated heterocycles. The van der Waals surface area contributed by atoms with Crippen molar-refractivity contribution in [2.24, 2.45) is 0 Å². The summed E-state index contributed by atoms with van der Waals surface area (Å²) in [6, 6.07) is 0.705. The Balaban J connectivity index is 2.36. The molecule has 1 atom stereocenters. The smallest absolute Gasteiger partial charge is 0.0593 e. The van der Waals surface area contributed by atoms with Gasteiger partial charge >= 0.3 is 0 Å². The summed E-state index contributed by atoms with van der Waals surface area (Å²) in [6.07, 6.45) is 3.76. The van der Waals surface area contributed by atoms with E-state index in [9.17, 15) is 0 Å². The molecule has 0 saturated carbocycles.